The highest BCUT2D eigenvalue weighted by molar-refractivity contribution is 6.31. The number of aromatic nitrogens is 1. The number of alkyl halides is 3. The maximum atomic E-state index is 13.5. The van der Waals surface area contributed by atoms with Gasteiger partial charge < -0.3 is 21.3 Å². The van der Waals surface area contributed by atoms with Crippen LogP contribution < -0.4 is 11.1 Å². The molecule has 6 nitrogen and oxygen atoms in total. The van der Waals surface area contributed by atoms with Crippen molar-refractivity contribution in [3.63, 3.8) is 0 Å². The van der Waals surface area contributed by atoms with E-state index in [2.05, 4.69) is 10.3 Å². The Kier molecular flexibility index (Phi) is 6.12. The molecule has 1 amide bonds. The molecular formula is C18H18ClF4N3O3. The van der Waals surface area contributed by atoms with E-state index in [-0.39, 0.29) is 21.8 Å². The Balaban J connectivity index is 2.79. The van der Waals surface area contributed by atoms with Crippen LogP contribution in [0.1, 0.15) is 25.1 Å². The Bertz CT molecular complexity index is 937. The average Bonchev–Trinajstić information content (AvgIpc) is 2.60. The highest BCUT2D eigenvalue weighted by atomic mass is 35.5. The van der Waals surface area contributed by atoms with Crippen LogP contribution in [0.15, 0.2) is 30.3 Å². The Morgan fingerprint density at radius 2 is 1.86 bits per heavy atom. The standard InChI is InChI=1S/C18H18ClF4N3O3/c1-16(2,26-15(27)28)10-6-13(9-3-4-12(20)11(19)5-9)25-14(7-10)17(29,8-24)18(21,22)23/h3-7,26,29H,8,24H2,1-2H3,(H,27,28). The first-order chi connectivity index (χ1) is 13.2. The monoisotopic (exact) mass is 435 g/mol. The number of amides is 1. The van der Waals surface area contributed by atoms with Gasteiger partial charge in [0.2, 0.25) is 5.60 Å². The van der Waals surface area contributed by atoms with E-state index in [1.54, 1.807) is 0 Å². The summed E-state index contributed by atoms with van der Waals surface area (Å²) in [7, 11) is 0. The van der Waals surface area contributed by atoms with E-state index in [9.17, 15) is 27.5 Å². The second-order valence-corrected chi connectivity index (χ2v) is 7.28. The van der Waals surface area contributed by atoms with Crippen LogP contribution in [0.4, 0.5) is 22.4 Å². The number of rotatable bonds is 5. The van der Waals surface area contributed by atoms with Crippen molar-refractivity contribution in [3.8, 4) is 11.3 Å². The predicted molar refractivity (Wildman–Crippen MR) is 97.8 cm³/mol. The van der Waals surface area contributed by atoms with E-state index in [0.717, 1.165) is 18.2 Å². The van der Waals surface area contributed by atoms with Crippen molar-refractivity contribution < 1.29 is 32.6 Å². The fraction of sp³-hybridized carbons (Fsp3) is 0.333. The summed E-state index contributed by atoms with van der Waals surface area (Å²) >= 11 is 5.75. The number of aliphatic hydroxyl groups is 1. The normalized spacial score (nSPS) is 14.4. The highest BCUT2D eigenvalue weighted by Crippen LogP contribution is 2.39. The summed E-state index contributed by atoms with van der Waals surface area (Å²) in [5.41, 5.74) is -0.330. The summed E-state index contributed by atoms with van der Waals surface area (Å²) in [5, 5.41) is 21.2. The van der Waals surface area contributed by atoms with Crippen LogP contribution in [0.25, 0.3) is 11.3 Å². The molecule has 5 N–H and O–H groups in total. The van der Waals surface area contributed by atoms with E-state index in [1.165, 1.54) is 26.0 Å². The molecule has 0 saturated carbocycles. The highest BCUT2D eigenvalue weighted by Gasteiger charge is 2.55. The zero-order valence-corrected chi connectivity index (χ0v) is 16.1. The van der Waals surface area contributed by atoms with E-state index in [4.69, 9.17) is 22.4 Å². The Morgan fingerprint density at radius 3 is 2.34 bits per heavy atom. The van der Waals surface area contributed by atoms with Gasteiger partial charge in [-0.1, -0.05) is 11.6 Å². The second kappa shape index (κ2) is 7.77. The van der Waals surface area contributed by atoms with Gasteiger partial charge in [0, 0.05) is 12.1 Å². The van der Waals surface area contributed by atoms with Crippen LogP contribution in [-0.4, -0.2) is 34.0 Å². The molecule has 0 aliphatic rings. The maximum Gasteiger partial charge on any atom is 0.424 e. The van der Waals surface area contributed by atoms with Crippen molar-refractivity contribution in [3.05, 3.63) is 52.4 Å². The number of hydrogen-bond donors (Lipinski definition) is 4. The number of nitrogens with one attached hydrogen (secondary N) is 1. The largest absolute Gasteiger partial charge is 0.465 e. The molecule has 1 atom stereocenters. The third kappa shape index (κ3) is 4.60. The van der Waals surface area contributed by atoms with E-state index in [0.29, 0.717) is 0 Å². The van der Waals surface area contributed by atoms with Crippen molar-refractivity contribution in [2.75, 3.05) is 6.54 Å². The summed E-state index contributed by atoms with van der Waals surface area (Å²) in [6.07, 6.45) is -6.57. The minimum Gasteiger partial charge on any atom is -0.465 e. The Labute approximate surface area is 168 Å². The zero-order chi connectivity index (χ0) is 22.2. The van der Waals surface area contributed by atoms with Crippen molar-refractivity contribution in [1.82, 2.24) is 10.3 Å². The Morgan fingerprint density at radius 1 is 1.24 bits per heavy atom. The molecule has 1 heterocycles. The number of nitrogens with two attached hydrogens (primary N) is 1. The van der Waals surface area contributed by atoms with Gasteiger partial charge in [-0.2, -0.15) is 13.2 Å². The SMILES string of the molecule is CC(C)(NC(=O)O)c1cc(-c2ccc(F)c(Cl)c2)nc(C(O)(CN)C(F)(F)F)c1. The molecule has 0 bridgehead atoms. The van der Waals surface area contributed by atoms with Gasteiger partial charge in [0.1, 0.15) is 5.82 Å². The van der Waals surface area contributed by atoms with Gasteiger partial charge in [0.05, 0.1) is 21.9 Å². The first-order valence-electron chi connectivity index (χ1n) is 8.20. The van der Waals surface area contributed by atoms with Crippen molar-refractivity contribution in [2.24, 2.45) is 5.73 Å². The predicted octanol–water partition coefficient (Wildman–Crippen LogP) is 3.75. The molecule has 0 aliphatic heterocycles. The molecule has 0 radical (unpaired) electrons. The van der Waals surface area contributed by atoms with Gasteiger partial charge in [-0.25, -0.2) is 14.2 Å². The van der Waals surface area contributed by atoms with E-state index >= 15 is 0 Å². The average molecular weight is 436 g/mol. The molecule has 2 aromatic rings. The molecule has 0 aliphatic carbocycles. The first-order valence-corrected chi connectivity index (χ1v) is 8.58. The number of pyridine rings is 1. The molecule has 0 fully saturated rings. The van der Waals surface area contributed by atoms with Crippen molar-refractivity contribution in [1.29, 1.82) is 0 Å². The van der Waals surface area contributed by atoms with Gasteiger partial charge in [-0.15, -0.1) is 0 Å². The van der Waals surface area contributed by atoms with Gasteiger partial charge in [0.25, 0.3) is 0 Å². The van der Waals surface area contributed by atoms with Gasteiger partial charge in [-0.3, -0.25) is 0 Å². The number of carboxylic acid groups (broad SMARTS) is 1. The third-order valence-electron chi connectivity index (χ3n) is 4.37. The molecule has 0 spiro atoms. The zero-order valence-electron chi connectivity index (χ0n) is 15.3. The summed E-state index contributed by atoms with van der Waals surface area (Å²) in [6.45, 7) is 1.61. The lowest BCUT2D eigenvalue weighted by Crippen LogP contribution is -2.49. The summed E-state index contributed by atoms with van der Waals surface area (Å²) in [4.78, 5) is 15.0. The van der Waals surface area contributed by atoms with Crippen molar-refractivity contribution >= 4 is 17.7 Å². The minimum absolute atomic E-state index is 0.0662. The fourth-order valence-electron chi connectivity index (χ4n) is 2.61. The molecule has 0 saturated heterocycles. The smallest absolute Gasteiger partial charge is 0.424 e. The van der Waals surface area contributed by atoms with Gasteiger partial charge in [-0.05, 0) is 49.7 Å². The fourth-order valence-corrected chi connectivity index (χ4v) is 2.79. The molecule has 1 aromatic heterocycles. The maximum absolute atomic E-state index is 13.5. The lowest BCUT2D eigenvalue weighted by Gasteiger charge is -2.31. The minimum atomic E-state index is -5.16. The number of nitrogens with zero attached hydrogens (tertiary/aromatic N) is 1. The van der Waals surface area contributed by atoms with Crippen LogP contribution in [0, 0.1) is 5.82 Å². The van der Waals surface area contributed by atoms with Crippen LogP contribution in [0.3, 0.4) is 0 Å². The summed E-state index contributed by atoms with van der Waals surface area (Å²) < 4.78 is 54.1. The quantitative estimate of drug-likeness (QED) is 0.535. The lowest BCUT2D eigenvalue weighted by molar-refractivity contribution is -0.263. The molecule has 29 heavy (non-hydrogen) atoms. The van der Waals surface area contributed by atoms with Gasteiger partial charge >= 0.3 is 12.3 Å². The molecule has 1 unspecified atom stereocenters. The van der Waals surface area contributed by atoms with Crippen LogP contribution >= 0.6 is 11.6 Å². The van der Waals surface area contributed by atoms with E-state index < -0.39 is 41.5 Å². The van der Waals surface area contributed by atoms with Crippen molar-refractivity contribution in [2.45, 2.75) is 31.2 Å². The first kappa shape index (κ1) is 22.9. The van der Waals surface area contributed by atoms with Crippen LogP contribution in [0.2, 0.25) is 5.02 Å². The summed E-state index contributed by atoms with van der Waals surface area (Å²) in [6, 6.07) is 5.63. The number of halogens is 5. The van der Waals surface area contributed by atoms with Crippen LogP contribution in [0.5, 0.6) is 0 Å². The second-order valence-electron chi connectivity index (χ2n) is 6.87. The number of hydrogen-bond acceptors (Lipinski definition) is 4. The molecular weight excluding hydrogens is 418 g/mol. The van der Waals surface area contributed by atoms with Crippen LogP contribution in [-0.2, 0) is 11.1 Å². The van der Waals surface area contributed by atoms with E-state index in [1.807, 2.05) is 0 Å². The molecule has 1 aromatic carbocycles. The third-order valence-corrected chi connectivity index (χ3v) is 4.66. The number of benzene rings is 1. The Hall–Kier alpha value is -2.43. The topological polar surface area (TPSA) is 108 Å². The number of carbonyl (C=O) groups is 1. The summed E-state index contributed by atoms with van der Waals surface area (Å²) in [5.74, 6) is -0.742. The molecule has 11 heteroatoms. The van der Waals surface area contributed by atoms with Gasteiger partial charge in [0.15, 0.2) is 0 Å². The lowest BCUT2D eigenvalue weighted by atomic mass is 9.89. The molecule has 158 valence electrons. The molecule has 2 rings (SSSR count).